The number of rotatable bonds is 9. The molecular formula is C29H27BrN4O6S2. The molecule has 4 aromatic rings. The van der Waals surface area contributed by atoms with Gasteiger partial charge in [-0.05, 0) is 85.2 Å². The normalized spacial score (nSPS) is 14.9. The van der Waals surface area contributed by atoms with Crippen LogP contribution in [0.5, 0.6) is 11.5 Å². The van der Waals surface area contributed by atoms with Crippen LogP contribution in [0.25, 0.3) is 6.08 Å². The van der Waals surface area contributed by atoms with Crippen LogP contribution >= 0.6 is 39.0 Å². The summed E-state index contributed by atoms with van der Waals surface area (Å²) in [6.45, 7) is 7.83. The van der Waals surface area contributed by atoms with Crippen molar-refractivity contribution in [1.82, 2.24) is 14.5 Å². The van der Waals surface area contributed by atoms with Crippen molar-refractivity contribution in [3.8, 4) is 11.5 Å². The van der Waals surface area contributed by atoms with E-state index in [4.69, 9.17) is 18.6 Å². The van der Waals surface area contributed by atoms with E-state index in [2.05, 4.69) is 30.9 Å². The van der Waals surface area contributed by atoms with E-state index in [9.17, 15) is 9.59 Å². The van der Waals surface area contributed by atoms with Gasteiger partial charge in [-0.25, -0.2) is 19.8 Å². The maximum absolute atomic E-state index is 14.0. The number of nitrogens with zero attached hydrogens (tertiary/aromatic N) is 4. The predicted molar refractivity (Wildman–Crippen MR) is 162 cm³/mol. The zero-order chi connectivity index (χ0) is 30.0. The van der Waals surface area contributed by atoms with Crippen molar-refractivity contribution in [2.45, 2.75) is 44.0 Å². The Kier molecular flexibility index (Phi) is 8.99. The summed E-state index contributed by atoms with van der Waals surface area (Å²) in [6.07, 6.45) is 3.35. The first-order chi connectivity index (χ1) is 20.2. The lowest BCUT2D eigenvalue weighted by molar-refractivity contribution is -0.139. The number of carbonyl (C=O) groups excluding carboxylic acids is 1. The van der Waals surface area contributed by atoms with E-state index in [-0.39, 0.29) is 17.7 Å². The number of aromatic nitrogens is 3. The third kappa shape index (κ3) is 5.94. The Hall–Kier alpha value is -3.68. The number of thiazole rings is 1. The molecular weight excluding hydrogens is 644 g/mol. The minimum absolute atomic E-state index is 0.181. The first-order valence-electron chi connectivity index (χ1n) is 13.0. The summed E-state index contributed by atoms with van der Waals surface area (Å²) in [6, 6.07) is 8.15. The molecule has 0 unspecified atom stereocenters. The number of fused-ring (bicyclic) bond motifs is 1. The van der Waals surface area contributed by atoms with Crippen molar-refractivity contribution in [3.63, 3.8) is 0 Å². The van der Waals surface area contributed by atoms with Crippen LogP contribution in [0.3, 0.4) is 0 Å². The van der Waals surface area contributed by atoms with Crippen molar-refractivity contribution in [3.05, 3.63) is 89.0 Å². The maximum atomic E-state index is 14.0. The molecule has 3 aromatic heterocycles. The largest absolute Gasteiger partial charge is 0.493 e. The van der Waals surface area contributed by atoms with Crippen molar-refractivity contribution in [1.29, 1.82) is 0 Å². The van der Waals surface area contributed by atoms with Gasteiger partial charge in [0.25, 0.3) is 5.56 Å². The molecule has 1 aliphatic rings. The van der Waals surface area contributed by atoms with Crippen molar-refractivity contribution in [2.75, 3.05) is 20.3 Å². The maximum Gasteiger partial charge on any atom is 0.338 e. The number of hydrogen-bond donors (Lipinski definition) is 0. The number of halogens is 1. The molecule has 4 heterocycles. The number of allylic oxidation sites excluding steroid dienone is 1. The summed E-state index contributed by atoms with van der Waals surface area (Å²) in [5.74, 6) is 0.963. The molecule has 0 amide bonds. The Morgan fingerprint density at radius 2 is 2.00 bits per heavy atom. The topological polar surface area (TPSA) is 118 Å². The number of hydrogen-bond acceptors (Lipinski definition) is 11. The highest BCUT2D eigenvalue weighted by Gasteiger charge is 2.34. The molecule has 0 saturated carbocycles. The average molecular weight is 672 g/mol. The monoisotopic (exact) mass is 670 g/mol. The number of carbonyl (C=O) groups is 1. The van der Waals surface area contributed by atoms with Crippen LogP contribution in [0.4, 0.5) is 0 Å². The number of ether oxygens (including phenoxy) is 3. The highest BCUT2D eigenvalue weighted by atomic mass is 79.9. The molecule has 1 atom stereocenters. The Bertz CT molecular complexity index is 1880. The molecule has 5 rings (SSSR count). The standard InChI is InChI=1S/C29H27BrN4O6S2/c1-6-38-21-12-17(8-9-20(21)37-5)24-23(26(36)39-7-2)16(4)33-29-34(24)25(35)22(41-29)14-18-13-19(30)27(40-18)42-28-31-11-10-15(3)32-28/h8-14,24H,6-7H2,1-5H3/b22-14+/t24-/m0/s1. The van der Waals surface area contributed by atoms with E-state index in [1.165, 1.54) is 27.7 Å². The third-order valence-corrected chi connectivity index (χ3v) is 8.93. The van der Waals surface area contributed by atoms with Crippen LogP contribution in [-0.4, -0.2) is 40.8 Å². The predicted octanol–water partition coefficient (Wildman–Crippen LogP) is 4.81. The van der Waals surface area contributed by atoms with Gasteiger partial charge in [0, 0.05) is 18.0 Å². The van der Waals surface area contributed by atoms with E-state index in [1.54, 1.807) is 51.4 Å². The van der Waals surface area contributed by atoms with Gasteiger partial charge in [-0.15, -0.1) is 0 Å². The lowest BCUT2D eigenvalue weighted by Crippen LogP contribution is -2.39. The van der Waals surface area contributed by atoms with Gasteiger partial charge in [-0.3, -0.25) is 9.36 Å². The molecule has 42 heavy (non-hydrogen) atoms. The Labute approximate surface area is 257 Å². The molecule has 0 fully saturated rings. The van der Waals surface area contributed by atoms with Gasteiger partial charge in [-0.2, -0.15) is 0 Å². The quantitative estimate of drug-likeness (QED) is 0.183. The van der Waals surface area contributed by atoms with Crippen LogP contribution in [0.1, 0.15) is 43.8 Å². The van der Waals surface area contributed by atoms with Gasteiger partial charge in [0.2, 0.25) is 0 Å². The van der Waals surface area contributed by atoms with Crippen molar-refractivity contribution < 1.29 is 23.4 Å². The van der Waals surface area contributed by atoms with Crippen LogP contribution in [0.2, 0.25) is 0 Å². The van der Waals surface area contributed by atoms with Gasteiger partial charge in [0.15, 0.2) is 26.5 Å². The Morgan fingerprint density at radius 3 is 2.71 bits per heavy atom. The van der Waals surface area contributed by atoms with Gasteiger partial charge in [-0.1, -0.05) is 17.4 Å². The van der Waals surface area contributed by atoms with E-state index >= 15 is 0 Å². The highest BCUT2D eigenvalue weighted by Crippen LogP contribution is 2.37. The molecule has 1 aromatic carbocycles. The number of esters is 1. The van der Waals surface area contributed by atoms with E-state index < -0.39 is 12.0 Å². The second-order valence-electron chi connectivity index (χ2n) is 9.01. The fraction of sp³-hybridized carbons (Fsp3) is 0.276. The summed E-state index contributed by atoms with van der Waals surface area (Å²) < 4.78 is 25.3. The van der Waals surface area contributed by atoms with E-state index in [1.807, 2.05) is 26.0 Å². The molecule has 0 radical (unpaired) electrons. The summed E-state index contributed by atoms with van der Waals surface area (Å²) in [5, 5.41) is 1.10. The van der Waals surface area contributed by atoms with Crippen LogP contribution in [0, 0.1) is 6.92 Å². The fourth-order valence-electron chi connectivity index (χ4n) is 4.44. The summed E-state index contributed by atoms with van der Waals surface area (Å²) >= 11 is 6.01. The smallest absolute Gasteiger partial charge is 0.338 e. The molecule has 13 heteroatoms. The number of aryl methyl sites for hydroxylation is 1. The van der Waals surface area contributed by atoms with Gasteiger partial charge in [0.1, 0.15) is 5.76 Å². The molecule has 218 valence electrons. The molecule has 1 aliphatic heterocycles. The average Bonchev–Trinajstić information content (AvgIpc) is 3.45. The number of methoxy groups -OCH3 is 1. The van der Waals surface area contributed by atoms with Gasteiger partial charge in [0.05, 0.1) is 46.6 Å². The minimum atomic E-state index is -0.791. The van der Waals surface area contributed by atoms with E-state index in [0.29, 0.717) is 59.2 Å². The van der Waals surface area contributed by atoms with Gasteiger partial charge < -0.3 is 18.6 Å². The second kappa shape index (κ2) is 12.7. The number of furan rings is 1. The molecule has 0 N–H and O–H groups in total. The lowest BCUT2D eigenvalue weighted by Gasteiger charge is -2.25. The van der Waals surface area contributed by atoms with Crippen LogP contribution in [-0.2, 0) is 9.53 Å². The molecule has 0 saturated heterocycles. The molecule has 0 spiro atoms. The Morgan fingerprint density at radius 1 is 1.19 bits per heavy atom. The van der Waals surface area contributed by atoms with E-state index in [0.717, 1.165) is 5.69 Å². The van der Waals surface area contributed by atoms with Crippen molar-refractivity contribution >= 4 is 51.1 Å². The summed E-state index contributed by atoms with van der Waals surface area (Å²) in [4.78, 5) is 40.9. The zero-order valence-electron chi connectivity index (χ0n) is 23.5. The SMILES string of the molecule is CCOC(=O)C1=C(C)N=c2s/c(=C/c3cc(Br)c(Sc4nccc(C)n4)o3)c(=O)n2[C@H]1c1ccc(OC)c(OCC)c1. The van der Waals surface area contributed by atoms with Crippen LogP contribution in [0.15, 0.2) is 76.7 Å². The first-order valence-corrected chi connectivity index (χ1v) is 15.4. The van der Waals surface area contributed by atoms with Crippen LogP contribution < -0.4 is 24.4 Å². The molecule has 0 bridgehead atoms. The second-order valence-corrected chi connectivity index (χ2v) is 11.8. The Balaban J connectivity index is 1.62. The summed E-state index contributed by atoms with van der Waals surface area (Å²) in [5.41, 5.74) is 1.92. The first kappa shape index (κ1) is 29.8. The third-order valence-electron chi connectivity index (χ3n) is 6.22. The minimum Gasteiger partial charge on any atom is -0.493 e. The number of benzene rings is 1. The molecule has 0 aliphatic carbocycles. The highest BCUT2D eigenvalue weighted by molar-refractivity contribution is 9.10. The van der Waals surface area contributed by atoms with Gasteiger partial charge >= 0.3 is 5.97 Å². The van der Waals surface area contributed by atoms with Crippen molar-refractivity contribution in [2.24, 2.45) is 4.99 Å². The fourth-order valence-corrected chi connectivity index (χ4v) is 6.77. The zero-order valence-corrected chi connectivity index (χ0v) is 26.7. The lowest BCUT2D eigenvalue weighted by atomic mass is 9.95. The molecule has 10 nitrogen and oxygen atoms in total. The summed E-state index contributed by atoms with van der Waals surface area (Å²) in [7, 11) is 1.56.